The zero-order chi connectivity index (χ0) is 14.1. The van der Waals surface area contributed by atoms with Crippen LogP contribution >= 0.6 is 0 Å². The molecule has 4 nitrogen and oxygen atoms in total. The number of nitrogens with zero attached hydrogens (tertiary/aromatic N) is 1. The Kier molecular flexibility index (Phi) is 4.15. The van der Waals surface area contributed by atoms with Crippen molar-refractivity contribution in [3.05, 3.63) is 23.7 Å². The number of furan rings is 1. The first-order chi connectivity index (χ1) is 9.70. The second kappa shape index (κ2) is 5.88. The first kappa shape index (κ1) is 14.1. The molecule has 0 amide bonds. The second-order valence-electron chi connectivity index (χ2n) is 6.34. The molecule has 0 spiro atoms. The second-order valence-corrected chi connectivity index (χ2v) is 6.34. The molecule has 3 rings (SSSR count). The fourth-order valence-electron chi connectivity index (χ4n) is 3.39. The molecule has 0 bridgehead atoms. The van der Waals surface area contributed by atoms with E-state index in [9.17, 15) is 0 Å². The third kappa shape index (κ3) is 2.78. The predicted molar refractivity (Wildman–Crippen MR) is 78.6 cm³/mol. The molecule has 1 saturated heterocycles. The lowest BCUT2D eigenvalue weighted by Gasteiger charge is -2.38. The van der Waals surface area contributed by atoms with Gasteiger partial charge in [-0.3, -0.25) is 4.90 Å². The van der Waals surface area contributed by atoms with Gasteiger partial charge in [0.1, 0.15) is 11.5 Å². The molecule has 0 radical (unpaired) electrons. The van der Waals surface area contributed by atoms with Crippen LogP contribution in [0, 0.1) is 5.92 Å². The Morgan fingerprint density at radius 2 is 2.15 bits per heavy atom. The average molecular weight is 278 g/mol. The minimum atomic E-state index is 0.163. The van der Waals surface area contributed by atoms with Crippen LogP contribution in [0.25, 0.3) is 0 Å². The van der Waals surface area contributed by atoms with E-state index in [1.54, 1.807) is 7.11 Å². The average Bonchev–Trinajstić information content (AvgIpc) is 2.98. The Bertz CT molecular complexity index is 445. The molecule has 4 unspecified atom stereocenters. The topological polar surface area (TPSA) is 51.6 Å². The monoisotopic (exact) mass is 278 g/mol. The zero-order valence-corrected chi connectivity index (χ0v) is 12.5. The highest BCUT2D eigenvalue weighted by atomic mass is 16.5. The summed E-state index contributed by atoms with van der Waals surface area (Å²) in [7, 11) is 1.75. The van der Waals surface area contributed by atoms with Crippen molar-refractivity contribution >= 4 is 0 Å². The van der Waals surface area contributed by atoms with Gasteiger partial charge in [-0.1, -0.05) is 6.92 Å². The van der Waals surface area contributed by atoms with E-state index < -0.39 is 0 Å². The molecule has 2 heterocycles. The largest absolute Gasteiger partial charge is 0.464 e. The van der Waals surface area contributed by atoms with Gasteiger partial charge in [-0.2, -0.15) is 0 Å². The van der Waals surface area contributed by atoms with Crippen LogP contribution in [0.4, 0.5) is 0 Å². The van der Waals surface area contributed by atoms with Gasteiger partial charge in [0.2, 0.25) is 0 Å². The Hall–Kier alpha value is -0.840. The Morgan fingerprint density at radius 1 is 1.40 bits per heavy atom. The summed E-state index contributed by atoms with van der Waals surface area (Å²) in [6.45, 7) is 5.03. The SMILES string of the molecule is COCCN1CCCC(N)C1c1ccc(C2CC2C)o1. The molecule has 1 aromatic rings. The van der Waals surface area contributed by atoms with Gasteiger partial charge in [0.25, 0.3) is 0 Å². The van der Waals surface area contributed by atoms with Crippen LogP contribution in [0.15, 0.2) is 16.5 Å². The van der Waals surface area contributed by atoms with Crippen LogP contribution in [0.2, 0.25) is 0 Å². The number of hydrogen-bond donors (Lipinski definition) is 1. The van der Waals surface area contributed by atoms with E-state index in [1.165, 1.54) is 6.42 Å². The summed E-state index contributed by atoms with van der Waals surface area (Å²) in [5.74, 6) is 3.61. The molecule has 112 valence electrons. The lowest BCUT2D eigenvalue weighted by molar-refractivity contribution is 0.0734. The fourth-order valence-corrected chi connectivity index (χ4v) is 3.39. The number of nitrogens with two attached hydrogens (primary N) is 1. The van der Waals surface area contributed by atoms with Crippen molar-refractivity contribution in [2.24, 2.45) is 11.7 Å². The number of rotatable bonds is 5. The normalized spacial score (nSPS) is 34.4. The summed E-state index contributed by atoms with van der Waals surface area (Å²) in [5, 5.41) is 0. The first-order valence-electron chi connectivity index (χ1n) is 7.79. The van der Waals surface area contributed by atoms with E-state index in [1.807, 2.05) is 0 Å². The smallest absolute Gasteiger partial charge is 0.122 e. The van der Waals surface area contributed by atoms with Gasteiger partial charge < -0.3 is 14.9 Å². The van der Waals surface area contributed by atoms with Crippen LogP contribution in [0.3, 0.4) is 0 Å². The van der Waals surface area contributed by atoms with Crippen molar-refractivity contribution in [1.29, 1.82) is 0 Å². The van der Waals surface area contributed by atoms with Gasteiger partial charge >= 0.3 is 0 Å². The van der Waals surface area contributed by atoms with E-state index in [-0.39, 0.29) is 12.1 Å². The molecule has 2 N–H and O–H groups in total. The van der Waals surface area contributed by atoms with Crippen LogP contribution in [-0.2, 0) is 4.74 Å². The van der Waals surface area contributed by atoms with Crippen LogP contribution in [0.5, 0.6) is 0 Å². The van der Waals surface area contributed by atoms with Crippen molar-refractivity contribution in [3.8, 4) is 0 Å². The van der Waals surface area contributed by atoms with Gasteiger partial charge in [-0.05, 0) is 43.9 Å². The Labute approximate surface area is 121 Å². The molecule has 1 aromatic heterocycles. The first-order valence-corrected chi connectivity index (χ1v) is 7.79. The summed E-state index contributed by atoms with van der Waals surface area (Å²) in [6, 6.07) is 4.66. The van der Waals surface area contributed by atoms with Crippen LogP contribution < -0.4 is 5.73 Å². The molecule has 2 fully saturated rings. The van der Waals surface area contributed by atoms with Crippen molar-refractivity contribution in [3.63, 3.8) is 0 Å². The zero-order valence-electron chi connectivity index (χ0n) is 12.5. The summed E-state index contributed by atoms with van der Waals surface area (Å²) < 4.78 is 11.4. The summed E-state index contributed by atoms with van der Waals surface area (Å²) in [5.41, 5.74) is 6.36. The van der Waals surface area contributed by atoms with E-state index in [2.05, 4.69) is 24.0 Å². The van der Waals surface area contributed by atoms with Crippen LogP contribution in [-0.4, -0.2) is 37.7 Å². The quantitative estimate of drug-likeness (QED) is 0.899. The summed E-state index contributed by atoms with van der Waals surface area (Å²) in [6.07, 6.45) is 3.50. The Morgan fingerprint density at radius 3 is 2.85 bits per heavy atom. The molecule has 4 heteroatoms. The molecular formula is C16H26N2O2. The molecule has 1 aliphatic heterocycles. The van der Waals surface area contributed by atoms with Crippen LogP contribution in [0.1, 0.15) is 49.7 Å². The van der Waals surface area contributed by atoms with Gasteiger partial charge in [-0.15, -0.1) is 0 Å². The predicted octanol–water partition coefficient (Wildman–Crippen LogP) is 2.51. The number of hydrogen-bond acceptors (Lipinski definition) is 4. The number of ether oxygens (including phenoxy) is 1. The van der Waals surface area contributed by atoms with Crippen molar-refractivity contribution in [1.82, 2.24) is 4.90 Å². The van der Waals surface area contributed by atoms with E-state index >= 15 is 0 Å². The van der Waals surface area contributed by atoms with E-state index in [0.717, 1.165) is 50.0 Å². The van der Waals surface area contributed by atoms with E-state index in [4.69, 9.17) is 14.9 Å². The molecule has 1 saturated carbocycles. The lowest BCUT2D eigenvalue weighted by atomic mass is 9.95. The molecule has 2 aliphatic rings. The maximum absolute atomic E-state index is 6.36. The van der Waals surface area contributed by atoms with Gasteiger partial charge in [0.05, 0.1) is 12.6 Å². The number of piperidine rings is 1. The minimum absolute atomic E-state index is 0.163. The minimum Gasteiger partial charge on any atom is -0.464 e. The van der Waals surface area contributed by atoms with Gasteiger partial charge in [0.15, 0.2) is 0 Å². The van der Waals surface area contributed by atoms with Crippen molar-refractivity contribution in [2.75, 3.05) is 26.8 Å². The maximum atomic E-state index is 6.36. The summed E-state index contributed by atoms with van der Waals surface area (Å²) in [4.78, 5) is 2.41. The highest BCUT2D eigenvalue weighted by Gasteiger charge is 2.38. The van der Waals surface area contributed by atoms with Gasteiger partial charge in [-0.25, -0.2) is 0 Å². The highest BCUT2D eigenvalue weighted by Crippen LogP contribution is 2.48. The standard InChI is InChI=1S/C16H26N2O2/c1-11-10-12(11)14-5-6-15(20-14)16-13(17)4-3-7-18(16)8-9-19-2/h5-6,11-13,16H,3-4,7-10,17H2,1-2H3. The third-order valence-electron chi connectivity index (χ3n) is 4.78. The lowest BCUT2D eigenvalue weighted by Crippen LogP contribution is -2.46. The van der Waals surface area contributed by atoms with Crippen molar-refractivity contribution in [2.45, 2.75) is 44.2 Å². The molecule has 1 aliphatic carbocycles. The van der Waals surface area contributed by atoms with Gasteiger partial charge in [0, 0.05) is 25.6 Å². The molecule has 4 atom stereocenters. The maximum Gasteiger partial charge on any atom is 0.122 e. The fraction of sp³-hybridized carbons (Fsp3) is 0.750. The van der Waals surface area contributed by atoms with E-state index in [0.29, 0.717) is 5.92 Å². The number of likely N-dealkylation sites (tertiary alicyclic amines) is 1. The highest BCUT2D eigenvalue weighted by molar-refractivity contribution is 5.20. The third-order valence-corrected chi connectivity index (χ3v) is 4.78. The number of methoxy groups -OCH3 is 1. The summed E-state index contributed by atoms with van der Waals surface area (Å²) >= 11 is 0. The molecular weight excluding hydrogens is 252 g/mol. The molecule has 0 aromatic carbocycles. The van der Waals surface area contributed by atoms with Crippen molar-refractivity contribution < 1.29 is 9.15 Å². The molecule has 20 heavy (non-hydrogen) atoms. The Balaban J connectivity index is 1.75.